The largest absolute Gasteiger partial charge is 0.477 e. The number of pyridine rings is 3. The maximum absolute atomic E-state index is 14.9. The summed E-state index contributed by atoms with van der Waals surface area (Å²) < 4.78 is 16.6. The van der Waals surface area contributed by atoms with Crippen molar-refractivity contribution in [2.45, 2.75) is 32.4 Å². The number of likely N-dealkylation sites (tertiary alicyclic amines) is 1. The van der Waals surface area contributed by atoms with Crippen molar-refractivity contribution in [1.29, 1.82) is 0 Å². The van der Waals surface area contributed by atoms with E-state index < -0.39 is 11.4 Å². The van der Waals surface area contributed by atoms with Crippen molar-refractivity contribution in [2.24, 2.45) is 5.92 Å². The van der Waals surface area contributed by atoms with E-state index in [1.807, 2.05) is 13.1 Å². The van der Waals surface area contributed by atoms with Gasteiger partial charge in [0.05, 0.1) is 16.8 Å². The van der Waals surface area contributed by atoms with Gasteiger partial charge in [-0.3, -0.25) is 9.78 Å². The van der Waals surface area contributed by atoms with Crippen LogP contribution in [0.3, 0.4) is 0 Å². The fourth-order valence-corrected chi connectivity index (χ4v) is 7.17. The van der Waals surface area contributed by atoms with Gasteiger partial charge in [0, 0.05) is 86.7 Å². The molecule has 0 amide bonds. The lowest BCUT2D eigenvalue weighted by molar-refractivity contribution is 0.0695. The number of nitrogens with zero attached hydrogens (tertiary/aromatic N) is 5. The summed E-state index contributed by atoms with van der Waals surface area (Å²) in [5, 5.41) is 13.1. The summed E-state index contributed by atoms with van der Waals surface area (Å²) in [6.45, 7) is 5.17. The topological polar surface area (TPSA) is 104 Å². The Morgan fingerprint density at radius 3 is 2.76 bits per heavy atom. The van der Waals surface area contributed by atoms with E-state index in [-0.39, 0.29) is 16.8 Å². The molecule has 2 saturated heterocycles. The molecule has 210 valence electrons. The standard InChI is InChI=1S/C31H31FN6O3/c1-4-37-14-23(31(40)41)29(39)21-7-17(11-35-30(21)37)22-12-34-25-10-19-20(8-18(32)9-24(19)33-2)27(25)28(22)38-6-5-16-13-36(3)15-26(16)38/h7-9,11-12,14,16,26,33H,4-6,10,13,15H2,1-3H3,(H,40,41)/t16-,26?/m0/s1. The summed E-state index contributed by atoms with van der Waals surface area (Å²) in [7, 11) is 3.94. The van der Waals surface area contributed by atoms with E-state index in [9.17, 15) is 19.1 Å². The van der Waals surface area contributed by atoms with E-state index in [4.69, 9.17) is 4.98 Å². The number of carboxylic acid groups (broad SMARTS) is 1. The molecule has 0 bridgehead atoms. The van der Waals surface area contributed by atoms with E-state index >= 15 is 0 Å². The monoisotopic (exact) mass is 554 g/mol. The Morgan fingerprint density at radius 2 is 2.00 bits per heavy atom. The smallest absolute Gasteiger partial charge is 0.341 e. The lowest BCUT2D eigenvalue weighted by atomic mass is 9.96. The third kappa shape index (κ3) is 3.84. The highest BCUT2D eigenvalue weighted by atomic mass is 19.1. The first-order valence-corrected chi connectivity index (χ1v) is 14.0. The van der Waals surface area contributed by atoms with Gasteiger partial charge >= 0.3 is 5.97 Å². The number of hydrogen-bond donors (Lipinski definition) is 2. The van der Waals surface area contributed by atoms with Gasteiger partial charge in [0.25, 0.3) is 0 Å². The lowest BCUT2D eigenvalue weighted by Crippen LogP contribution is -2.35. The molecule has 7 rings (SSSR count). The molecular weight excluding hydrogens is 523 g/mol. The van der Waals surface area contributed by atoms with Crippen LogP contribution in [0.25, 0.3) is 33.3 Å². The Bertz CT molecular complexity index is 1820. The van der Waals surface area contributed by atoms with E-state index in [0.717, 1.165) is 65.4 Å². The third-order valence-electron chi connectivity index (χ3n) is 9.04. The number of rotatable bonds is 5. The SMILES string of the molecule is CCn1cc(C(=O)O)c(=O)c2cc(-c3cnc4c(c3N3CC[C@H]5CN(C)CC53)-c3cc(F)cc(NC)c3C4)cnc21. The molecule has 9 nitrogen and oxygen atoms in total. The zero-order valence-electron chi connectivity index (χ0n) is 23.2. The molecule has 1 aromatic carbocycles. The van der Waals surface area contributed by atoms with Crippen LogP contribution in [-0.4, -0.2) is 70.3 Å². The number of benzene rings is 1. The number of hydrogen-bond acceptors (Lipinski definition) is 7. The number of carboxylic acids is 1. The molecule has 41 heavy (non-hydrogen) atoms. The van der Waals surface area contributed by atoms with E-state index in [1.165, 1.54) is 12.3 Å². The Morgan fingerprint density at radius 1 is 1.17 bits per heavy atom. The number of nitrogens with one attached hydrogen (secondary N) is 1. The number of anilines is 2. The maximum Gasteiger partial charge on any atom is 0.341 e. The van der Waals surface area contributed by atoms with Gasteiger partial charge in [0.15, 0.2) is 0 Å². The second-order valence-electron chi connectivity index (χ2n) is 11.3. The normalized spacial score (nSPS) is 19.5. The summed E-state index contributed by atoms with van der Waals surface area (Å²) >= 11 is 0. The molecule has 2 fully saturated rings. The molecule has 3 aliphatic rings. The summed E-state index contributed by atoms with van der Waals surface area (Å²) in [4.78, 5) is 39.5. The average molecular weight is 555 g/mol. The summed E-state index contributed by atoms with van der Waals surface area (Å²) in [6.07, 6.45) is 6.57. The van der Waals surface area contributed by atoms with Gasteiger partial charge in [-0.1, -0.05) is 0 Å². The summed E-state index contributed by atoms with van der Waals surface area (Å²) in [5.74, 6) is -1.05. The lowest BCUT2D eigenvalue weighted by Gasteiger charge is -2.31. The minimum Gasteiger partial charge on any atom is -0.477 e. The molecule has 2 N–H and O–H groups in total. The van der Waals surface area contributed by atoms with Crippen LogP contribution in [0.2, 0.25) is 0 Å². The molecule has 5 heterocycles. The van der Waals surface area contributed by atoms with E-state index in [1.54, 1.807) is 29.9 Å². The Balaban J connectivity index is 1.50. The Hall–Kier alpha value is -4.31. The maximum atomic E-state index is 14.9. The van der Waals surface area contributed by atoms with Crippen molar-refractivity contribution >= 4 is 28.4 Å². The molecule has 2 aliphatic heterocycles. The van der Waals surface area contributed by atoms with Crippen molar-refractivity contribution in [1.82, 2.24) is 19.4 Å². The van der Waals surface area contributed by atoms with Crippen LogP contribution in [0, 0.1) is 11.7 Å². The number of fused-ring (bicyclic) bond motifs is 5. The molecule has 1 aliphatic carbocycles. The second kappa shape index (κ2) is 9.37. The fourth-order valence-electron chi connectivity index (χ4n) is 7.17. The predicted octanol–water partition coefficient (Wildman–Crippen LogP) is 4.07. The van der Waals surface area contributed by atoms with Gasteiger partial charge in [-0.25, -0.2) is 14.2 Å². The quantitative estimate of drug-likeness (QED) is 0.335. The molecule has 2 atom stereocenters. The van der Waals surface area contributed by atoms with Crippen molar-refractivity contribution in [2.75, 3.05) is 43.9 Å². The second-order valence-corrected chi connectivity index (χ2v) is 11.3. The van der Waals surface area contributed by atoms with Crippen molar-refractivity contribution < 1.29 is 14.3 Å². The van der Waals surface area contributed by atoms with E-state index in [2.05, 4.69) is 27.1 Å². The van der Waals surface area contributed by atoms with Gasteiger partial charge in [-0.15, -0.1) is 0 Å². The van der Waals surface area contributed by atoms with Crippen LogP contribution < -0.4 is 15.6 Å². The van der Waals surface area contributed by atoms with Crippen LogP contribution in [0.15, 0.2) is 41.6 Å². The fraction of sp³-hybridized carbons (Fsp3) is 0.355. The number of aryl methyl sites for hydroxylation is 1. The first-order chi connectivity index (χ1) is 19.8. The molecule has 3 aromatic heterocycles. The predicted molar refractivity (Wildman–Crippen MR) is 156 cm³/mol. The molecule has 1 unspecified atom stereocenters. The molecule has 0 spiro atoms. The van der Waals surface area contributed by atoms with E-state index in [0.29, 0.717) is 36.1 Å². The summed E-state index contributed by atoms with van der Waals surface area (Å²) in [5.41, 5.74) is 6.47. The molecular formula is C31H31FN6O3. The van der Waals surface area contributed by atoms with Crippen LogP contribution in [0.4, 0.5) is 15.8 Å². The van der Waals surface area contributed by atoms with Crippen LogP contribution in [0.5, 0.6) is 0 Å². The molecule has 4 aromatic rings. The van der Waals surface area contributed by atoms with Crippen LogP contribution in [-0.2, 0) is 13.0 Å². The van der Waals surface area contributed by atoms with Gasteiger partial charge < -0.3 is 24.8 Å². The van der Waals surface area contributed by atoms with Crippen molar-refractivity contribution in [3.05, 3.63) is 69.7 Å². The summed E-state index contributed by atoms with van der Waals surface area (Å²) in [6, 6.07) is 5.17. The van der Waals surface area contributed by atoms with Gasteiger partial charge in [-0.2, -0.15) is 0 Å². The highest BCUT2D eigenvalue weighted by Crippen LogP contribution is 2.51. The number of aromatic carboxylic acids is 1. The number of aromatic nitrogens is 3. The first-order valence-electron chi connectivity index (χ1n) is 14.0. The Kier molecular flexibility index (Phi) is 5.86. The van der Waals surface area contributed by atoms with Crippen molar-refractivity contribution in [3.63, 3.8) is 0 Å². The van der Waals surface area contributed by atoms with Crippen molar-refractivity contribution in [3.8, 4) is 22.3 Å². The van der Waals surface area contributed by atoms with Gasteiger partial charge in [0.2, 0.25) is 5.43 Å². The minimum atomic E-state index is -1.27. The molecule has 0 saturated carbocycles. The zero-order valence-corrected chi connectivity index (χ0v) is 23.2. The highest BCUT2D eigenvalue weighted by molar-refractivity contribution is 5.98. The highest BCUT2D eigenvalue weighted by Gasteiger charge is 2.43. The van der Waals surface area contributed by atoms with Gasteiger partial charge in [0.1, 0.15) is 17.0 Å². The number of carbonyl (C=O) groups is 1. The number of likely N-dealkylation sites (N-methyl/N-ethyl adjacent to an activating group) is 1. The number of halogens is 1. The first kappa shape index (κ1) is 25.6. The zero-order chi connectivity index (χ0) is 28.6. The molecule has 10 heteroatoms. The minimum absolute atomic E-state index is 0.250. The van der Waals surface area contributed by atoms with Crippen LogP contribution >= 0.6 is 0 Å². The van der Waals surface area contributed by atoms with Crippen LogP contribution in [0.1, 0.15) is 35.0 Å². The third-order valence-corrected chi connectivity index (χ3v) is 9.04. The molecule has 0 radical (unpaired) electrons. The average Bonchev–Trinajstić information content (AvgIpc) is 3.64. The van der Waals surface area contributed by atoms with Gasteiger partial charge in [-0.05, 0) is 55.6 Å². The Labute approximate surface area is 236 Å².